The van der Waals surface area contributed by atoms with E-state index in [1.807, 2.05) is 30.3 Å². The molecule has 146 valence electrons. The van der Waals surface area contributed by atoms with Gasteiger partial charge in [0.05, 0.1) is 12.6 Å². The fourth-order valence-corrected chi connectivity index (χ4v) is 2.83. The number of carboxylic acid groups (broad SMARTS) is 1. The smallest absolute Gasteiger partial charge is 0.354 e. The van der Waals surface area contributed by atoms with Crippen molar-refractivity contribution < 1.29 is 24.2 Å². The van der Waals surface area contributed by atoms with Crippen LogP contribution in [0.4, 0.5) is 6.01 Å². The Labute approximate surface area is 165 Å². The number of rotatable bonds is 7. The normalized spacial score (nSPS) is 11.9. The average molecular weight is 391 g/mol. The summed E-state index contributed by atoms with van der Waals surface area (Å²) in [5.41, 5.74) is 1.91. The number of anilines is 1. The first-order chi connectivity index (χ1) is 14.1. The molecule has 0 radical (unpaired) electrons. The molecule has 2 aromatic carbocycles. The van der Waals surface area contributed by atoms with E-state index >= 15 is 0 Å². The number of aromatic carboxylic acids is 1. The van der Waals surface area contributed by atoms with Gasteiger partial charge in [-0.05, 0) is 23.8 Å². The maximum absolute atomic E-state index is 11.0. The minimum Gasteiger partial charge on any atom is -0.477 e. The Balaban J connectivity index is 1.54. The lowest BCUT2D eigenvalue weighted by Crippen LogP contribution is -2.14. The predicted molar refractivity (Wildman–Crippen MR) is 105 cm³/mol. The number of benzene rings is 2. The van der Waals surface area contributed by atoms with Gasteiger partial charge in [0.15, 0.2) is 11.3 Å². The number of aliphatic hydroxyl groups is 1. The fraction of sp³-hybridized carbons (Fsp3) is 0.0952. The van der Waals surface area contributed by atoms with E-state index in [4.69, 9.17) is 14.3 Å². The zero-order valence-electron chi connectivity index (χ0n) is 15.1. The van der Waals surface area contributed by atoms with Crippen molar-refractivity contribution in [3.63, 3.8) is 0 Å². The molecular weight excluding hydrogens is 374 g/mol. The number of pyridine rings is 1. The highest BCUT2D eigenvalue weighted by molar-refractivity contribution is 5.85. The van der Waals surface area contributed by atoms with Crippen molar-refractivity contribution in [3.8, 4) is 11.5 Å². The third kappa shape index (κ3) is 4.17. The van der Waals surface area contributed by atoms with Gasteiger partial charge < -0.3 is 24.7 Å². The molecule has 1 atom stereocenters. The number of hydrogen-bond donors (Lipinski definition) is 3. The van der Waals surface area contributed by atoms with E-state index in [2.05, 4.69) is 15.3 Å². The summed E-state index contributed by atoms with van der Waals surface area (Å²) in [5, 5.41) is 21.8. The van der Waals surface area contributed by atoms with Crippen LogP contribution in [0.2, 0.25) is 0 Å². The van der Waals surface area contributed by atoms with Gasteiger partial charge in [0.25, 0.3) is 6.01 Å². The van der Waals surface area contributed by atoms with E-state index in [1.54, 1.807) is 24.3 Å². The Morgan fingerprint density at radius 3 is 2.66 bits per heavy atom. The number of aromatic nitrogens is 2. The number of nitrogens with one attached hydrogen (secondary N) is 1. The summed E-state index contributed by atoms with van der Waals surface area (Å²) in [6.07, 6.45) is 1.37. The van der Waals surface area contributed by atoms with Crippen molar-refractivity contribution in [1.82, 2.24) is 9.97 Å². The van der Waals surface area contributed by atoms with Crippen LogP contribution >= 0.6 is 0 Å². The fourth-order valence-electron chi connectivity index (χ4n) is 2.83. The molecule has 8 nitrogen and oxygen atoms in total. The summed E-state index contributed by atoms with van der Waals surface area (Å²) in [7, 11) is 0. The van der Waals surface area contributed by atoms with Crippen LogP contribution in [0, 0.1) is 0 Å². The molecule has 0 aliphatic carbocycles. The second-order valence-corrected chi connectivity index (χ2v) is 6.22. The molecule has 0 saturated heterocycles. The number of carboxylic acids is 1. The first-order valence-corrected chi connectivity index (χ1v) is 8.82. The highest BCUT2D eigenvalue weighted by atomic mass is 16.5. The van der Waals surface area contributed by atoms with Crippen LogP contribution in [0.5, 0.6) is 11.5 Å². The number of carbonyl (C=O) groups is 1. The maximum atomic E-state index is 11.0. The molecule has 8 heteroatoms. The molecule has 0 unspecified atom stereocenters. The van der Waals surface area contributed by atoms with E-state index < -0.39 is 5.97 Å². The van der Waals surface area contributed by atoms with Crippen LogP contribution in [0.3, 0.4) is 0 Å². The first kappa shape index (κ1) is 18.5. The molecule has 0 saturated carbocycles. The molecule has 0 aliphatic rings. The second-order valence-electron chi connectivity index (χ2n) is 6.22. The molecule has 2 aromatic heterocycles. The van der Waals surface area contributed by atoms with Crippen LogP contribution in [0.25, 0.3) is 11.1 Å². The number of nitrogens with zero attached hydrogens (tertiary/aromatic N) is 2. The Hall–Kier alpha value is -3.91. The average Bonchev–Trinajstić information content (AvgIpc) is 3.14. The van der Waals surface area contributed by atoms with E-state index in [1.165, 1.54) is 12.3 Å². The van der Waals surface area contributed by atoms with Crippen molar-refractivity contribution in [2.45, 2.75) is 6.04 Å². The number of hydrogen-bond acceptors (Lipinski definition) is 7. The van der Waals surface area contributed by atoms with Gasteiger partial charge in [-0.1, -0.05) is 30.3 Å². The van der Waals surface area contributed by atoms with Crippen LogP contribution < -0.4 is 10.1 Å². The van der Waals surface area contributed by atoms with Gasteiger partial charge >= 0.3 is 5.97 Å². The van der Waals surface area contributed by atoms with Gasteiger partial charge in [0.2, 0.25) is 0 Å². The summed E-state index contributed by atoms with van der Waals surface area (Å²) in [5.74, 6) is -0.322. The second kappa shape index (κ2) is 7.99. The van der Waals surface area contributed by atoms with E-state index in [-0.39, 0.29) is 24.4 Å². The first-order valence-electron chi connectivity index (χ1n) is 8.82. The van der Waals surface area contributed by atoms with Crippen molar-refractivity contribution in [2.24, 2.45) is 0 Å². The molecule has 0 fully saturated rings. The summed E-state index contributed by atoms with van der Waals surface area (Å²) in [6, 6.07) is 17.4. The lowest BCUT2D eigenvalue weighted by molar-refractivity contribution is 0.0690. The summed E-state index contributed by atoms with van der Waals surface area (Å²) in [6.45, 7) is -0.120. The largest absolute Gasteiger partial charge is 0.477 e. The Bertz CT molecular complexity index is 1140. The Morgan fingerprint density at radius 1 is 1.10 bits per heavy atom. The summed E-state index contributed by atoms with van der Waals surface area (Å²) >= 11 is 0. The van der Waals surface area contributed by atoms with Crippen molar-refractivity contribution in [2.75, 3.05) is 11.9 Å². The standard InChI is InChI=1S/C21H17N3O5/c25-12-18(13-4-2-1-3-5-13)24-21-23-16-7-6-14(11-19(16)29-21)28-15-8-9-22-17(10-15)20(26)27/h1-11,18,25H,12H2,(H,23,24)(H,26,27)/t18-/m0/s1. The van der Waals surface area contributed by atoms with Gasteiger partial charge in [-0.3, -0.25) is 0 Å². The lowest BCUT2D eigenvalue weighted by Gasteiger charge is -2.14. The third-order valence-electron chi connectivity index (χ3n) is 4.23. The van der Waals surface area contributed by atoms with Crippen LogP contribution in [-0.2, 0) is 0 Å². The molecule has 0 bridgehead atoms. The van der Waals surface area contributed by atoms with Gasteiger partial charge in [-0.2, -0.15) is 4.98 Å². The molecule has 4 rings (SSSR count). The Morgan fingerprint density at radius 2 is 1.90 bits per heavy atom. The summed E-state index contributed by atoms with van der Waals surface area (Å²) in [4.78, 5) is 19.2. The maximum Gasteiger partial charge on any atom is 0.354 e. The van der Waals surface area contributed by atoms with Gasteiger partial charge in [-0.25, -0.2) is 9.78 Å². The molecule has 2 heterocycles. The van der Waals surface area contributed by atoms with E-state index in [0.717, 1.165) is 5.56 Å². The number of fused-ring (bicyclic) bond motifs is 1. The Kier molecular flexibility index (Phi) is 5.08. The predicted octanol–water partition coefficient (Wildman–Crippen LogP) is 3.86. The minimum absolute atomic E-state index is 0.106. The van der Waals surface area contributed by atoms with Crippen LogP contribution in [-0.4, -0.2) is 32.8 Å². The summed E-state index contributed by atoms with van der Waals surface area (Å²) < 4.78 is 11.4. The number of aliphatic hydroxyl groups excluding tert-OH is 1. The SMILES string of the molecule is O=C(O)c1cc(Oc2ccc3nc(N[C@@H](CO)c4ccccc4)oc3c2)ccn1. The molecular formula is C21H17N3O5. The van der Waals surface area contributed by atoms with Crippen molar-refractivity contribution in [1.29, 1.82) is 0 Å². The molecule has 0 spiro atoms. The van der Waals surface area contributed by atoms with Gasteiger partial charge in [0.1, 0.15) is 17.0 Å². The number of oxazole rings is 1. The van der Waals surface area contributed by atoms with Crippen molar-refractivity contribution >= 4 is 23.1 Å². The highest BCUT2D eigenvalue weighted by Gasteiger charge is 2.14. The van der Waals surface area contributed by atoms with E-state index in [9.17, 15) is 9.90 Å². The lowest BCUT2D eigenvalue weighted by atomic mass is 10.1. The molecule has 3 N–H and O–H groups in total. The third-order valence-corrected chi connectivity index (χ3v) is 4.23. The molecule has 4 aromatic rings. The van der Waals surface area contributed by atoms with Crippen LogP contribution in [0.15, 0.2) is 71.3 Å². The minimum atomic E-state index is -1.13. The van der Waals surface area contributed by atoms with E-state index in [0.29, 0.717) is 22.6 Å². The van der Waals surface area contributed by atoms with Crippen molar-refractivity contribution in [3.05, 3.63) is 78.1 Å². The number of ether oxygens (including phenoxy) is 1. The molecule has 29 heavy (non-hydrogen) atoms. The monoisotopic (exact) mass is 391 g/mol. The topological polar surface area (TPSA) is 118 Å². The zero-order chi connectivity index (χ0) is 20.2. The highest BCUT2D eigenvalue weighted by Crippen LogP contribution is 2.29. The zero-order valence-corrected chi connectivity index (χ0v) is 15.1. The van der Waals surface area contributed by atoms with Crippen LogP contribution in [0.1, 0.15) is 22.1 Å². The molecule has 0 amide bonds. The van der Waals surface area contributed by atoms with Gasteiger partial charge in [0, 0.05) is 18.3 Å². The quantitative estimate of drug-likeness (QED) is 0.435. The van der Waals surface area contributed by atoms with Gasteiger partial charge in [-0.15, -0.1) is 0 Å². The molecule has 0 aliphatic heterocycles.